The fraction of sp³-hybridized carbons (Fsp3) is 0.143. The van der Waals surface area contributed by atoms with Crippen molar-refractivity contribution in [3.05, 3.63) is 53.1 Å². The zero-order valence-electron chi connectivity index (χ0n) is 12.0. The van der Waals surface area contributed by atoms with Crippen LogP contribution in [0.1, 0.15) is 5.56 Å². The van der Waals surface area contributed by atoms with Gasteiger partial charge < -0.3 is 4.74 Å². The minimum atomic E-state index is -4.64. The van der Waals surface area contributed by atoms with E-state index >= 15 is 0 Å². The van der Waals surface area contributed by atoms with Crippen LogP contribution < -0.4 is 9.46 Å². The molecule has 0 saturated heterocycles. The van der Waals surface area contributed by atoms with Gasteiger partial charge in [-0.1, -0.05) is 17.7 Å². The number of alkyl halides is 5. The van der Waals surface area contributed by atoms with Crippen molar-refractivity contribution in [1.82, 2.24) is 0 Å². The van der Waals surface area contributed by atoms with E-state index in [4.69, 9.17) is 11.6 Å². The van der Waals surface area contributed by atoms with Gasteiger partial charge in [0, 0.05) is 5.69 Å². The van der Waals surface area contributed by atoms with E-state index in [2.05, 4.69) is 4.74 Å². The molecule has 0 unspecified atom stereocenters. The molecule has 0 atom stereocenters. The summed E-state index contributed by atoms with van der Waals surface area (Å²) in [6.45, 7) is -3.15. The third-order valence-electron chi connectivity index (χ3n) is 2.87. The highest BCUT2D eigenvalue weighted by atomic mass is 35.5. The van der Waals surface area contributed by atoms with Crippen molar-refractivity contribution in [2.75, 3.05) is 4.72 Å². The lowest BCUT2D eigenvalue weighted by Gasteiger charge is -2.12. The molecule has 0 aromatic heterocycles. The molecule has 0 bridgehead atoms. The molecule has 0 fully saturated rings. The molecule has 0 aliphatic carbocycles. The molecule has 1 N–H and O–H groups in total. The zero-order valence-corrected chi connectivity index (χ0v) is 13.6. The second-order valence-electron chi connectivity index (χ2n) is 4.65. The van der Waals surface area contributed by atoms with Gasteiger partial charge in [-0.3, -0.25) is 4.72 Å². The lowest BCUT2D eigenvalue weighted by Crippen LogP contribution is -2.14. The maximum Gasteiger partial charge on any atom is 0.416 e. The predicted molar refractivity (Wildman–Crippen MR) is 80.3 cm³/mol. The molecular weight excluding hydrogens is 393 g/mol. The minimum absolute atomic E-state index is 0.321. The summed E-state index contributed by atoms with van der Waals surface area (Å²) in [5.74, 6) is -0.435. The van der Waals surface area contributed by atoms with Crippen molar-refractivity contribution in [1.29, 1.82) is 0 Å². The summed E-state index contributed by atoms with van der Waals surface area (Å²) < 4.78 is 92.7. The summed E-state index contributed by atoms with van der Waals surface area (Å²) in [5, 5.41) is -0.396. The van der Waals surface area contributed by atoms with Crippen molar-refractivity contribution in [2.24, 2.45) is 0 Å². The Bertz CT molecular complexity index is 871. The fourth-order valence-electron chi connectivity index (χ4n) is 1.81. The van der Waals surface area contributed by atoms with E-state index in [-0.39, 0.29) is 5.69 Å². The highest BCUT2D eigenvalue weighted by molar-refractivity contribution is 7.92. The number of rotatable bonds is 5. The van der Waals surface area contributed by atoms with Crippen molar-refractivity contribution in [2.45, 2.75) is 17.7 Å². The van der Waals surface area contributed by atoms with Gasteiger partial charge in [0.25, 0.3) is 10.0 Å². The Morgan fingerprint density at radius 2 is 1.76 bits per heavy atom. The maximum absolute atomic E-state index is 12.7. The fourth-order valence-corrected chi connectivity index (χ4v) is 3.18. The van der Waals surface area contributed by atoms with Crippen molar-refractivity contribution >= 4 is 27.3 Å². The zero-order chi connectivity index (χ0) is 18.8. The quantitative estimate of drug-likeness (QED) is 0.735. The van der Waals surface area contributed by atoms with Gasteiger partial charge in [-0.05, 0) is 36.4 Å². The minimum Gasteiger partial charge on any atom is -0.433 e. The van der Waals surface area contributed by atoms with Crippen molar-refractivity contribution in [3.63, 3.8) is 0 Å². The SMILES string of the molecule is O=S(=O)(Nc1cccc(C(F)(F)F)c1)c1ccc(OC(F)F)c(Cl)c1. The van der Waals surface area contributed by atoms with E-state index in [1.54, 1.807) is 0 Å². The standard InChI is InChI=1S/C14H9ClF5NO3S/c15-11-7-10(4-5-12(11)24-13(16)17)25(22,23)21-9-3-1-2-8(6-9)14(18,19)20/h1-7,13,21H. The number of anilines is 1. The number of benzene rings is 2. The van der Waals surface area contributed by atoms with Crippen LogP contribution in [0.25, 0.3) is 0 Å². The second-order valence-corrected chi connectivity index (χ2v) is 6.74. The average Bonchev–Trinajstić information content (AvgIpc) is 2.47. The smallest absolute Gasteiger partial charge is 0.416 e. The number of sulfonamides is 1. The molecule has 0 amide bonds. The highest BCUT2D eigenvalue weighted by Gasteiger charge is 2.30. The Morgan fingerprint density at radius 3 is 2.32 bits per heavy atom. The van der Waals surface area contributed by atoms with Gasteiger partial charge in [-0.25, -0.2) is 8.42 Å². The Balaban J connectivity index is 2.29. The van der Waals surface area contributed by atoms with E-state index in [1.807, 2.05) is 4.72 Å². The maximum atomic E-state index is 12.7. The van der Waals surface area contributed by atoms with Crippen molar-refractivity contribution < 1.29 is 35.1 Å². The highest BCUT2D eigenvalue weighted by Crippen LogP contribution is 2.32. The number of nitrogens with one attached hydrogen (secondary N) is 1. The third-order valence-corrected chi connectivity index (χ3v) is 4.55. The molecule has 0 aliphatic heterocycles. The monoisotopic (exact) mass is 401 g/mol. The van der Waals surface area contributed by atoms with Gasteiger partial charge in [0.1, 0.15) is 5.75 Å². The molecule has 136 valence electrons. The molecule has 2 aromatic carbocycles. The summed E-state index contributed by atoms with van der Waals surface area (Å²) in [6, 6.07) is 6.25. The molecule has 0 heterocycles. The molecule has 25 heavy (non-hydrogen) atoms. The van der Waals surface area contributed by atoms with E-state index in [0.29, 0.717) is 6.07 Å². The largest absolute Gasteiger partial charge is 0.433 e. The van der Waals surface area contributed by atoms with E-state index in [0.717, 1.165) is 36.4 Å². The normalized spacial score (nSPS) is 12.3. The van der Waals surface area contributed by atoms with Gasteiger partial charge in [-0.15, -0.1) is 0 Å². The summed E-state index contributed by atoms with van der Waals surface area (Å²) >= 11 is 5.67. The second kappa shape index (κ2) is 7.04. The molecule has 2 rings (SSSR count). The van der Waals surface area contributed by atoms with Gasteiger partial charge in [-0.2, -0.15) is 22.0 Å². The third kappa shape index (κ3) is 4.95. The summed E-state index contributed by atoms with van der Waals surface area (Å²) in [6.07, 6.45) is -4.64. The topological polar surface area (TPSA) is 55.4 Å². The molecule has 0 saturated carbocycles. The number of ether oxygens (including phenoxy) is 1. The van der Waals surface area contributed by atoms with Gasteiger partial charge >= 0.3 is 12.8 Å². The first-order valence-electron chi connectivity index (χ1n) is 6.43. The van der Waals surface area contributed by atoms with Crippen LogP contribution in [-0.2, 0) is 16.2 Å². The number of halogens is 6. The van der Waals surface area contributed by atoms with Gasteiger partial charge in [0.2, 0.25) is 0 Å². The van der Waals surface area contributed by atoms with Crippen LogP contribution in [0.2, 0.25) is 5.02 Å². The van der Waals surface area contributed by atoms with Crippen LogP contribution in [0.15, 0.2) is 47.4 Å². The Hall–Kier alpha value is -2.07. The van der Waals surface area contributed by atoms with Crippen molar-refractivity contribution in [3.8, 4) is 5.75 Å². The van der Waals surface area contributed by atoms with Crippen LogP contribution in [0, 0.1) is 0 Å². The van der Waals surface area contributed by atoms with Crippen LogP contribution in [0.3, 0.4) is 0 Å². The Labute approximate surface area is 144 Å². The first kappa shape index (κ1) is 19.3. The van der Waals surface area contributed by atoms with Crippen LogP contribution in [-0.4, -0.2) is 15.0 Å². The summed E-state index contributed by atoms with van der Waals surface area (Å²) in [5.41, 5.74) is -1.36. The van der Waals surface area contributed by atoms with Crippen LogP contribution in [0.5, 0.6) is 5.75 Å². The Morgan fingerprint density at radius 1 is 1.08 bits per heavy atom. The molecule has 11 heteroatoms. The predicted octanol–water partition coefficient (Wildman–Crippen LogP) is 4.76. The van der Waals surface area contributed by atoms with Gasteiger partial charge in [0.05, 0.1) is 15.5 Å². The van der Waals surface area contributed by atoms with E-state index in [1.165, 1.54) is 0 Å². The lowest BCUT2D eigenvalue weighted by molar-refractivity contribution is -0.137. The number of hydrogen-bond donors (Lipinski definition) is 1. The van der Waals surface area contributed by atoms with E-state index < -0.39 is 44.0 Å². The molecule has 0 radical (unpaired) electrons. The molecule has 0 spiro atoms. The van der Waals surface area contributed by atoms with E-state index in [9.17, 15) is 30.4 Å². The van der Waals surface area contributed by atoms with Gasteiger partial charge in [0.15, 0.2) is 0 Å². The first-order chi connectivity index (χ1) is 11.5. The van der Waals surface area contributed by atoms with Crippen LogP contribution >= 0.6 is 11.6 Å². The summed E-state index contributed by atoms with van der Waals surface area (Å²) in [7, 11) is -4.29. The molecule has 4 nitrogen and oxygen atoms in total. The molecular formula is C14H9ClF5NO3S. The molecule has 0 aliphatic rings. The number of hydrogen-bond acceptors (Lipinski definition) is 3. The first-order valence-corrected chi connectivity index (χ1v) is 8.29. The lowest BCUT2D eigenvalue weighted by atomic mass is 10.2. The molecule has 2 aromatic rings. The Kier molecular flexibility index (Phi) is 5.43. The average molecular weight is 402 g/mol. The summed E-state index contributed by atoms with van der Waals surface area (Å²) in [4.78, 5) is -0.434. The van der Waals surface area contributed by atoms with Crippen LogP contribution in [0.4, 0.5) is 27.6 Å².